The fraction of sp³-hybridized carbons (Fsp3) is 0.273. The normalized spacial score (nSPS) is 9.80. The number of carbonyl (C=O) groups excluding carboxylic acids is 1. The maximum absolute atomic E-state index is 11.5. The predicted octanol–water partition coefficient (Wildman–Crippen LogP) is 1.33. The molecule has 0 saturated carbocycles. The van der Waals surface area contributed by atoms with Crippen LogP contribution in [0.2, 0.25) is 0 Å². The average molecular weight is 207 g/mol. The molecule has 1 N–H and O–H groups in total. The molecule has 0 atom stereocenters. The first-order valence-corrected chi connectivity index (χ1v) is 4.49. The van der Waals surface area contributed by atoms with Crippen LogP contribution in [0.15, 0.2) is 18.2 Å². The number of carboxylic acid groups (broad SMARTS) is 1. The molecule has 0 spiro atoms. The van der Waals surface area contributed by atoms with Gasteiger partial charge < -0.3 is 10.0 Å². The lowest BCUT2D eigenvalue weighted by atomic mass is 10.0. The zero-order valence-corrected chi connectivity index (χ0v) is 8.94. The van der Waals surface area contributed by atoms with Gasteiger partial charge in [0.1, 0.15) is 0 Å². The minimum atomic E-state index is -1.42. The standard InChI is InChI=1S/C11H13NO3/c1-7-5-4-6-8(12(2)3)9(7)10(13)11(14)15/h4-6H,1-3H3,(H,14,15). The van der Waals surface area contributed by atoms with Crippen LogP contribution in [0.4, 0.5) is 5.69 Å². The molecule has 1 aromatic rings. The Labute approximate surface area is 88.1 Å². The second-order valence-electron chi connectivity index (χ2n) is 3.50. The number of anilines is 1. The molecule has 0 radical (unpaired) electrons. The molecule has 0 aliphatic rings. The number of hydrogen-bond acceptors (Lipinski definition) is 3. The Kier molecular flexibility index (Phi) is 3.09. The first kappa shape index (κ1) is 11.2. The number of ketones is 1. The Hall–Kier alpha value is -1.84. The van der Waals surface area contributed by atoms with Crippen LogP contribution in [0.5, 0.6) is 0 Å². The van der Waals surface area contributed by atoms with Crippen molar-refractivity contribution in [1.29, 1.82) is 0 Å². The smallest absolute Gasteiger partial charge is 0.377 e. The van der Waals surface area contributed by atoms with Gasteiger partial charge in [-0.3, -0.25) is 4.79 Å². The van der Waals surface area contributed by atoms with E-state index in [2.05, 4.69) is 0 Å². The topological polar surface area (TPSA) is 57.6 Å². The molecule has 0 saturated heterocycles. The van der Waals surface area contributed by atoms with Crippen LogP contribution in [0.3, 0.4) is 0 Å². The highest BCUT2D eigenvalue weighted by atomic mass is 16.4. The van der Waals surface area contributed by atoms with Gasteiger partial charge in [-0.2, -0.15) is 0 Å². The van der Waals surface area contributed by atoms with Crippen LogP contribution in [0, 0.1) is 6.92 Å². The largest absolute Gasteiger partial charge is 0.475 e. The predicted molar refractivity (Wildman–Crippen MR) is 57.5 cm³/mol. The third kappa shape index (κ3) is 2.15. The summed E-state index contributed by atoms with van der Waals surface area (Å²) in [6.45, 7) is 1.73. The number of Topliss-reactive ketones (excluding diaryl/α,β-unsaturated/α-hetero) is 1. The van der Waals surface area contributed by atoms with Crippen LogP contribution in [-0.2, 0) is 4.79 Å². The molecular formula is C11H13NO3. The number of aliphatic carboxylic acids is 1. The highest BCUT2D eigenvalue weighted by Gasteiger charge is 2.21. The number of aryl methyl sites for hydroxylation is 1. The summed E-state index contributed by atoms with van der Waals surface area (Å²) < 4.78 is 0. The molecule has 0 aliphatic carbocycles. The van der Waals surface area contributed by atoms with Gasteiger partial charge in [-0.1, -0.05) is 12.1 Å². The van der Waals surface area contributed by atoms with E-state index < -0.39 is 11.8 Å². The lowest BCUT2D eigenvalue weighted by Gasteiger charge is -2.17. The van der Waals surface area contributed by atoms with E-state index in [4.69, 9.17) is 5.11 Å². The first-order valence-electron chi connectivity index (χ1n) is 4.49. The lowest BCUT2D eigenvalue weighted by Crippen LogP contribution is -2.20. The Morgan fingerprint density at radius 3 is 2.33 bits per heavy atom. The molecule has 0 amide bonds. The van der Waals surface area contributed by atoms with Crippen LogP contribution in [0.1, 0.15) is 15.9 Å². The number of nitrogens with zero attached hydrogens (tertiary/aromatic N) is 1. The highest BCUT2D eigenvalue weighted by Crippen LogP contribution is 2.22. The molecule has 0 fully saturated rings. The van der Waals surface area contributed by atoms with E-state index in [0.717, 1.165) is 0 Å². The van der Waals surface area contributed by atoms with Gasteiger partial charge >= 0.3 is 5.97 Å². The molecular weight excluding hydrogens is 194 g/mol. The van der Waals surface area contributed by atoms with Gasteiger partial charge in [0.15, 0.2) is 0 Å². The molecule has 0 aliphatic heterocycles. The Morgan fingerprint density at radius 1 is 1.27 bits per heavy atom. The van der Waals surface area contributed by atoms with Crippen molar-refractivity contribution in [3.8, 4) is 0 Å². The van der Waals surface area contributed by atoms with E-state index in [1.165, 1.54) is 0 Å². The minimum absolute atomic E-state index is 0.259. The van der Waals surface area contributed by atoms with Crippen molar-refractivity contribution in [3.63, 3.8) is 0 Å². The minimum Gasteiger partial charge on any atom is -0.475 e. The fourth-order valence-electron chi connectivity index (χ4n) is 1.43. The number of hydrogen-bond donors (Lipinski definition) is 1. The zero-order chi connectivity index (χ0) is 11.6. The SMILES string of the molecule is Cc1cccc(N(C)C)c1C(=O)C(=O)O. The maximum atomic E-state index is 11.5. The van der Waals surface area contributed by atoms with Crippen molar-refractivity contribution in [2.24, 2.45) is 0 Å². The van der Waals surface area contributed by atoms with E-state index in [-0.39, 0.29) is 5.56 Å². The number of benzene rings is 1. The Balaban J connectivity index is 3.37. The van der Waals surface area contributed by atoms with E-state index >= 15 is 0 Å². The van der Waals surface area contributed by atoms with Crippen LogP contribution < -0.4 is 4.90 Å². The van der Waals surface area contributed by atoms with Crippen LogP contribution in [0.25, 0.3) is 0 Å². The van der Waals surface area contributed by atoms with Crippen molar-refractivity contribution < 1.29 is 14.7 Å². The number of carboxylic acids is 1. The summed E-state index contributed by atoms with van der Waals surface area (Å²) in [6.07, 6.45) is 0. The molecule has 0 bridgehead atoms. The third-order valence-electron chi connectivity index (χ3n) is 2.15. The van der Waals surface area contributed by atoms with Gasteiger partial charge in [-0.15, -0.1) is 0 Å². The van der Waals surface area contributed by atoms with Crippen molar-refractivity contribution in [2.75, 3.05) is 19.0 Å². The van der Waals surface area contributed by atoms with Gasteiger partial charge in [0.05, 0.1) is 5.56 Å². The van der Waals surface area contributed by atoms with Crippen molar-refractivity contribution in [2.45, 2.75) is 6.92 Å². The van der Waals surface area contributed by atoms with Gasteiger partial charge in [-0.05, 0) is 18.6 Å². The fourth-order valence-corrected chi connectivity index (χ4v) is 1.43. The molecule has 0 heterocycles. The molecule has 1 rings (SSSR count). The molecule has 15 heavy (non-hydrogen) atoms. The number of carbonyl (C=O) groups is 2. The monoisotopic (exact) mass is 207 g/mol. The summed E-state index contributed by atoms with van der Waals surface area (Å²) in [4.78, 5) is 23.8. The van der Waals surface area contributed by atoms with Gasteiger partial charge in [0.25, 0.3) is 5.78 Å². The van der Waals surface area contributed by atoms with Gasteiger partial charge in [-0.25, -0.2) is 4.79 Å². The first-order chi connectivity index (χ1) is 6.95. The summed E-state index contributed by atoms with van der Waals surface area (Å²) >= 11 is 0. The van der Waals surface area contributed by atoms with E-state index in [9.17, 15) is 9.59 Å². The summed E-state index contributed by atoms with van der Waals surface area (Å²) in [6, 6.07) is 5.25. The number of rotatable bonds is 3. The lowest BCUT2D eigenvalue weighted by molar-refractivity contribution is -0.131. The van der Waals surface area contributed by atoms with Crippen molar-refractivity contribution in [1.82, 2.24) is 0 Å². The highest BCUT2D eigenvalue weighted by molar-refractivity contribution is 6.41. The maximum Gasteiger partial charge on any atom is 0.377 e. The summed E-state index contributed by atoms with van der Waals surface area (Å²) in [5.41, 5.74) is 1.56. The van der Waals surface area contributed by atoms with E-state index in [0.29, 0.717) is 11.3 Å². The van der Waals surface area contributed by atoms with Crippen molar-refractivity contribution in [3.05, 3.63) is 29.3 Å². The molecule has 0 aromatic heterocycles. The Morgan fingerprint density at radius 2 is 1.87 bits per heavy atom. The van der Waals surface area contributed by atoms with Crippen LogP contribution >= 0.6 is 0 Å². The molecule has 0 unspecified atom stereocenters. The Bertz CT molecular complexity index is 410. The van der Waals surface area contributed by atoms with Crippen molar-refractivity contribution >= 4 is 17.4 Å². The molecule has 4 heteroatoms. The second-order valence-corrected chi connectivity index (χ2v) is 3.50. The molecule has 4 nitrogen and oxygen atoms in total. The second kappa shape index (κ2) is 4.13. The summed E-state index contributed by atoms with van der Waals surface area (Å²) in [5, 5.41) is 8.70. The molecule has 1 aromatic carbocycles. The van der Waals surface area contributed by atoms with E-state index in [1.54, 1.807) is 44.1 Å². The van der Waals surface area contributed by atoms with E-state index in [1.807, 2.05) is 0 Å². The zero-order valence-electron chi connectivity index (χ0n) is 8.94. The third-order valence-corrected chi connectivity index (χ3v) is 2.15. The van der Waals surface area contributed by atoms with Crippen LogP contribution in [-0.4, -0.2) is 31.0 Å². The summed E-state index contributed by atoms with van der Waals surface area (Å²) in [5.74, 6) is -2.29. The molecule has 80 valence electrons. The summed E-state index contributed by atoms with van der Waals surface area (Å²) in [7, 11) is 3.54. The van der Waals surface area contributed by atoms with Gasteiger partial charge in [0.2, 0.25) is 0 Å². The van der Waals surface area contributed by atoms with Gasteiger partial charge in [0, 0.05) is 19.8 Å². The average Bonchev–Trinajstić information content (AvgIpc) is 2.16. The quantitative estimate of drug-likeness (QED) is 0.600.